The molecule has 0 aromatic carbocycles. The van der Waals surface area contributed by atoms with Crippen LogP contribution in [0.25, 0.3) is 0 Å². The first kappa shape index (κ1) is 37.6. The lowest BCUT2D eigenvalue weighted by Gasteiger charge is -2.72. The fraction of sp³-hybridized carbons (Fsp3) is 0.881. The summed E-state index contributed by atoms with van der Waals surface area (Å²) in [6.45, 7) is 27.8. The number of ether oxygens (including phenoxy) is 2. The first-order chi connectivity index (χ1) is 21.9. The Labute approximate surface area is 291 Å². The fourth-order valence-corrected chi connectivity index (χ4v) is 12.7. The van der Waals surface area contributed by atoms with Crippen molar-refractivity contribution in [1.82, 2.24) is 0 Å². The first-order valence-electron chi connectivity index (χ1n) is 19.3. The van der Waals surface area contributed by atoms with E-state index in [1.54, 1.807) is 13.8 Å². The van der Waals surface area contributed by atoms with Crippen molar-refractivity contribution in [2.45, 2.75) is 178 Å². The van der Waals surface area contributed by atoms with Gasteiger partial charge in [-0.3, -0.25) is 14.4 Å². The van der Waals surface area contributed by atoms with Crippen LogP contribution >= 0.6 is 0 Å². The molecule has 4 fully saturated rings. The molecule has 0 spiro atoms. The smallest absolute Gasteiger partial charge is 0.312 e. The van der Waals surface area contributed by atoms with Gasteiger partial charge in [0.05, 0.1) is 17.9 Å². The molecule has 0 aliphatic heterocycles. The zero-order valence-corrected chi connectivity index (χ0v) is 32.7. The predicted molar refractivity (Wildman–Crippen MR) is 190 cm³/mol. The molecular weight excluding hydrogens is 600 g/mol. The zero-order valence-electron chi connectivity index (χ0n) is 32.7. The van der Waals surface area contributed by atoms with Gasteiger partial charge in [-0.2, -0.15) is 0 Å². The van der Waals surface area contributed by atoms with E-state index in [0.717, 1.165) is 56.9 Å². The monoisotopic (exact) mass is 669 g/mol. The Kier molecular flexibility index (Phi) is 9.35. The maximum absolute atomic E-state index is 13.7. The van der Waals surface area contributed by atoms with E-state index in [0.29, 0.717) is 30.6 Å². The minimum Gasteiger partial charge on any atom is -0.462 e. The van der Waals surface area contributed by atoms with Gasteiger partial charge >= 0.3 is 11.9 Å². The normalized spacial score (nSPS) is 40.0. The molecule has 5 aliphatic carbocycles. The van der Waals surface area contributed by atoms with Gasteiger partial charge in [-0.25, -0.2) is 0 Å². The van der Waals surface area contributed by atoms with Gasteiger partial charge in [-0.05, 0) is 138 Å². The van der Waals surface area contributed by atoms with Gasteiger partial charge in [0, 0.05) is 17.3 Å². The largest absolute Gasteiger partial charge is 0.462 e. The maximum Gasteiger partial charge on any atom is 0.312 e. The van der Waals surface area contributed by atoms with E-state index in [-0.39, 0.29) is 63.2 Å². The topological polar surface area (TPSA) is 89.9 Å². The lowest BCUT2D eigenvalue weighted by molar-refractivity contribution is -0.235. The van der Waals surface area contributed by atoms with Crippen molar-refractivity contribution in [3.8, 4) is 0 Å². The molecule has 9 atom stereocenters. The highest BCUT2D eigenvalue weighted by Gasteiger charge is 2.70. The van der Waals surface area contributed by atoms with Crippen molar-refractivity contribution in [3.63, 3.8) is 0 Å². The Morgan fingerprint density at radius 2 is 1.52 bits per heavy atom. The molecule has 0 bridgehead atoms. The highest BCUT2D eigenvalue weighted by atomic mass is 16.6. The summed E-state index contributed by atoms with van der Waals surface area (Å²) in [4.78, 5) is 40.0. The summed E-state index contributed by atoms with van der Waals surface area (Å²) in [7, 11) is 0. The van der Waals surface area contributed by atoms with Gasteiger partial charge in [-0.1, -0.05) is 61.0 Å². The number of fused-ring (bicyclic) bond motifs is 7. The third-order valence-corrected chi connectivity index (χ3v) is 15.3. The standard InChI is InChI=1S/C42H68O6/c1-14-30(44)42-22-21-40(12)26(34(42)33(25(2)3)27(43)23-42)15-16-29-39(11)19-18-31(38(9,10)28(39)17-20-41(29,40)13)47-32(45)24-37(7,8)35(46)48-36(4,5)6/h25-26,28-31,44H,14-24H2,1-13H3/t26-,28-,29-,30+,31+,39+,40-,41-,42+/m1/s1. The van der Waals surface area contributed by atoms with Crippen LogP contribution in [0, 0.1) is 56.2 Å². The second-order valence-electron chi connectivity index (χ2n) is 20.2. The fourth-order valence-electron chi connectivity index (χ4n) is 12.7. The summed E-state index contributed by atoms with van der Waals surface area (Å²) in [6.07, 6.45) is 8.75. The number of allylic oxidation sites excluding steroid dienone is 1. The van der Waals surface area contributed by atoms with E-state index in [9.17, 15) is 19.5 Å². The molecule has 272 valence electrons. The van der Waals surface area contributed by atoms with Gasteiger partial charge in [0.25, 0.3) is 0 Å². The van der Waals surface area contributed by atoms with Crippen LogP contribution < -0.4 is 0 Å². The molecule has 0 aromatic rings. The number of Topliss-reactive ketones (excluding diaryl/α,β-unsaturated/α-hetero) is 1. The number of hydrogen-bond acceptors (Lipinski definition) is 6. The molecule has 0 aromatic heterocycles. The number of carbonyl (C=O) groups excluding carboxylic acids is 3. The van der Waals surface area contributed by atoms with E-state index in [1.165, 1.54) is 5.57 Å². The Hall–Kier alpha value is -1.69. The predicted octanol–water partition coefficient (Wildman–Crippen LogP) is 9.41. The summed E-state index contributed by atoms with van der Waals surface area (Å²) in [5.74, 6) is 1.04. The van der Waals surface area contributed by atoms with Crippen molar-refractivity contribution < 1.29 is 29.0 Å². The lowest BCUT2D eigenvalue weighted by Crippen LogP contribution is -2.66. The van der Waals surface area contributed by atoms with Gasteiger partial charge in [0.15, 0.2) is 5.78 Å². The quantitative estimate of drug-likeness (QED) is 0.272. The molecule has 0 unspecified atom stereocenters. The summed E-state index contributed by atoms with van der Waals surface area (Å²) in [5.41, 5.74) is 0.516. The molecule has 5 aliphatic rings. The number of ketones is 1. The maximum atomic E-state index is 13.7. The molecule has 6 nitrogen and oxygen atoms in total. The third kappa shape index (κ3) is 5.56. The van der Waals surface area contributed by atoms with E-state index >= 15 is 0 Å². The molecule has 0 heterocycles. The van der Waals surface area contributed by atoms with Gasteiger partial charge in [0.2, 0.25) is 0 Å². The number of carbonyl (C=O) groups is 3. The molecular formula is C42H68O6. The minimum atomic E-state index is -0.960. The molecule has 48 heavy (non-hydrogen) atoms. The highest BCUT2D eigenvalue weighted by molar-refractivity contribution is 6.00. The Balaban J connectivity index is 1.40. The highest BCUT2D eigenvalue weighted by Crippen LogP contribution is 2.77. The summed E-state index contributed by atoms with van der Waals surface area (Å²) < 4.78 is 11.9. The molecule has 1 N–H and O–H groups in total. The van der Waals surface area contributed by atoms with E-state index in [1.807, 2.05) is 20.8 Å². The molecule has 5 rings (SSSR count). The average molecular weight is 669 g/mol. The first-order valence-corrected chi connectivity index (χ1v) is 19.3. The molecule has 0 saturated heterocycles. The van der Waals surface area contributed by atoms with Crippen LogP contribution in [0.1, 0.15) is 161 Å². The van der Waals surface area contributed by atoms with Crippen LogP contribution in [-0.2, 0) is 23.9 Å². The lowest BCUT2D eigenvalue weighted by atomic mass is 9.33. The van der Waals surface area contributed by atoms with E-state index in [2.05, 4.69) is 55.4 Å². The Bertz CT molecular complexity index is 1350. The number of aliphatic hydroxyl groups is 1. The summed E-state index contributed by atoms with van der Waals surface area (Å²) in [6, 6.07) is 0. The molecule has 0 amide bonds. The van der Waals surface area contributed by atoms with Crippen molar-refractivity contribution in [1.29, 1.82) is 0 Å². The van der Waals surface area contributed by atoms with Gasteiger partial charge in [-0.15, -0.1) is 0 Å². The summed E-state index contributed by atoms with van der Waals surface area (Å²) >= 11 is 0. The SMILES string of the molecule is CC[C@H](O)[C@@]12CC[C@]3(C)[C@H](CC[C@@H]4[C@@]5(C)CC[C@H](OC(=O)CC(C)(C)C(=O)OC(C)(C)C)C(C)(C)[C@H]5CC[C@]43C)C1=C(C(C)C)C(=O)C2. The van der Waals surface area contributed by atoms with Gasteiger partial charge < -0.3 is 14.6 Å². The van der Waals surface area contributed by atoms with Crippen LogP contribution in [0.15, 0.2) is 11.1 Å². The molecule has 0 radical (unpaired) electrons. The Morgan fingerprint density at radius 1 is 0.875 bits per heavy atom. The Morgan fingerprint density at radius 3 is 2.10 bits per heavy atom. The van der Waals surface area contributed by atoms with Crippen LogP contribution in [0.3, 0.4) is 0 Å². The van der Waals surface area contributed by atoms with Gasteiger partial charge in [0.1, 0.15) is 11.7 Å². The van der Waals surface area contributed by atoms with Crippen molar-refractivity contribution in [2.75, 3.05) is 0 Å². The average Bonchev–Trinajstić information content (AvgIpc) is 3.26. The second kappa shape index (κ2) is 11.9. The van der Waals surface area contributed by atoms with E-state index < -0.39 is 17.1 Å². The minimum absolute atomic E-state index is 0.00179. The third-order valence-electron chi connectivity index (χ3n) is 15.3. The van der Waals surface area contributed by atoms with Crippen LogP contribution in [0.5, 0.6) is 0 Å². The molecule has 6 heteroatoms. The molecule has 4 saturated carbocycles. The number of aliphatic hydroxyl groups excluding tert-OH is 1. The van der Waals surface area contributed by atoms with Crippen LogP contribution in [-0.4, -0.2) is 40.6 Å². The van der Waals surface area contributed by atoms with Crippen molar-refractivity contribution >= 4 is 17.7 Å². The van der Waals surface area contributed by atoms with Crippen molar-refractivity contribution in [3.05, 3.63) is 11.1 Å². The number of hydrogen-bond donors (Lipinski definition) is 1. The van der Waals surface area contributed by atoms with E-state index in [4.69, 9.17) is 9.47 Å². The summed E-state index contributed by atoms with van der Waals surface area (Å²) in [5, 5.41) is 11.6. The van der Waals surface area contributed by atoms with Crippen LogP contribution in [0.2, 0.25) is 0 Å². The number of rotatable bonds is 7. The van der Waals surface area contributed by atoms with Crippen LogP contribution in [0.4, 0.5) is 0 Å². The number of esters is 2. The van der Waals surface area contributed by atoms with Crippen molar-refractivity contribution in [2.24, 2.45) is 56.2 Å². The zero-order chi connectivity index (χ0) is 36.0. The second-order valence-corrected chi connectivity index (χ2v) is 20.2.